The zero-order chi connectivity index (χ0) is 7.84. The van der Waals surface area contributed by atoms with Gasteiger partial charge in [-0.3, -0.25) is 0 Å². The van der Waals surface area contributed by atoms with Crippen molar-refractivity contribution in [3.05, 3.63) is 16.0 Å². The van der Waals surface area contributed by atoms with Gasteiger partial charge in [-0.05, 0) is 24.8 Å². The van der Waals surface area contributed by atoms with Crippen LogP contribution in [0.5, 0.6) is 0 Å². The summed E-state index contributed by atoms with van der Waals surface area (Å²) in [4.78, 5) is 1.33. The molecule has 0 fully saturated rings. The molecular formula is C8H8N2S. The van der Waals surface area contributed by atoms with E-state index in [1.54, 1.807) is 11.3 Å². The monoisotopic (exact) mass is 164 g/mol. The molecule has 2 rings (SSSR count). The predicted octanol–water partition coefficient (Wildman–Crippen LogP) is 1.69. The maximum atomic E-state index is 8.75. The Labute approximate surface area is 69.3 Å². The second-order valence-electron chi connectivity index (χ2n) is 2.71. The predicted molar refractivity (Wildman–Crippen MR) is 45.5 cm³/mol. The van der Waals surface area contributed by atoms with Crippen LogP contribution in [-0.2, 0) is 12.8 Å². The molecule has 1 aliphatic carbocycles. The van der Waals surface area contributed by atoms with Gasteiger partial charge < -0.3 is 5.73 Å². The largest absolute Gasteiger partial charge is 0.389 e. The number of nitrogen functional groups attached to an aromatic ring is 1. The van der Waals surface area contributed by atoms with Gasteiger partial charge in [0.1, 0.15) is 11.1 Å². The Hall–Kier alpha value is -1.01. The summed E-state index contributed by atoms with van der Waals surface area (Å²) in [5.74, 6) is 0. The van der Waals surface area contributed by atoms with Crippen molar-refractivity contribution in [3.8, 4) is 6.07 Å². The van der Waals surface area contributed by atoms with Crippen molar-refractivity contribution < 1.29 is 0 Å². The summed E-state index contributed by atoms with van der Waals surface area (Å²) < 4.78 is 0. The number of thiophene rings is 1. The molecule has 56 valence electrons. The lowest BCUT2D eigenvalue weighted by molar-refractivity contribution is 0.914. The van der Waals surface area contributed by atoms with Crippen LogP contribution in [0.2, 0.25) is 0 Å². The molecule has 0 saturated heterocycles. The molecule has 0 amide bonds. The van der Waals surface area contributed by atoms with Crippen LogP contribution in [-0.4, -0.2) is 0 Å². The second kappa shape index (κ2) is 2.24. The maximum Gasteiger partial charge on any atom is 0.104 e. The van der Waals surface area contributed by atoms with Gasteiger partial charge in [0.2, 0.25) is 0 Å². The fourth-order valence-electron chi connectivity index (χ4n) is 1.55. The van der Waals surface area contributed by atoms with Gasteiger partial charge in [-0.25, -0.2) is 0 Å². The number of fused-ring (bicyclic) bond motifs is 1. The third kappa shape index (κ3) is 0.831. The van der Waals surface area contributed by atoms with Crippen LogP contribution >= 0.6 is 11.3 Å². The number of hydrogen-bond donors (Lipinski definition) is 1. The first kappa shape index (κ1) is 6.68. The molecule has 1 aliphatic rings. The van der Waals surface area contributed by atoms with E-state index in [4.69, 9.17) is 11.0 Å². The van der Waals surface area contributed by atoms with Gasteiger partial charge in [-0.2, -0.15) is 5.26 Å². The summed E-state index contributed by atoms with van der Waals surface area (Å²) in [6.45, 7) is 0. The number of rotatable bonds is 0. The van der Waals surface area contributed by atoms with Crippen molar-refractivity contribution in [2.24, 2.45) is 0 Å². The third-order valence-corrected chi connectivity index (χ3v) is 3.18. The molecule has 0 atom stereocenters. The minimum atomic E-state index is 0.706. The zero-order valence-electron chi connectivity index (χ0n) is 6.05. The Morgan fingerprint density at radius 1 is 1.45 bits per heavy atom. The Balaban J connectivity index is 2.63. The Bertz CT molecular complexity index is 333. The Kier molecular flexibility index (Phi) is 1.36. The highest BCUT2D eigenvalue weighted by Gasteiger charge is 2.19. The number of nitrogens with zero attached hydrogens (tertiary/aromatic N) is 1. The SMILES string of the molecule is N#Cc1c(N)sc2c1CCC2. The molecule has 3 heteroatoms. The zero-order valence-corrected chi connectivity index (χ0v) is 6.87. The van der Waals surface area contributed by atoms with Crippen molar-refractivity contribution in [1.82, 2.24) is 0 Å². The van der Waals surface area contributed by atoms with Gasteiger partial charge in [-0.1, -0.05) is 0 Å². The summed E-state index contributed by atoms with van der Waals surface area (Å²) in [5.41, 5.74) is 7.61. The van der Waals surface area contributed by atoms with Crippen LogP contribution in [0.3, 0.4) is 0 Å². The minimum absolute atomic E-state index is 0.706. The first-order valence-corrected chi connectivity index (χ1v) is 4.44. The van der Waals surface area contributed by atoms with Crippen LogP contribution < -0.4 is 5.73 Å². The molecule has 0 saturated carbocycles. The van der Waals surface area contributed by atoms with Crippen molar-refractivity contribution in [2.45, 2.75) is 19.3 Å². The third-order valence-electron chi connectivity index (χ3n) is 2.06. The van der Waals surface area contributed by atoms with Crippen molar-refractivity contribution in [1.29, 1.82) is 5.26 Å². The lowest BCUT2D eigenvalue weighted by atomic mass is 10.1. The van der Waals surface area contributed by atoms with E-state index in [1.165, 1.54) is 16.9 Å². The first-order valence-electron chi connectivity index (χ1n) is 3.63. The molecule has 11 heavy (non-hydrogen) atoms. The molecule has 0 bridgehead atoms. The number of nitrogens with two attached hydrogens (primary N) is 1. The number of hydrogen-bond acceptors (Lipinski definition) is 3. The summed E-state index contributed by atoms with van der Waals surface area (Å²) in [6.07, 6.45) is 3.36. The molecule has 0 radical (unpaired) electrons. The fourth-order valence-corrected chi connectivity index (χ4v) is 2.66. The van der Waals surface area contributed by atoms with Gasteiger partial charge in [0.25, 0.3) is 0 Å². The molecule has 0 unspecified atom stereocenters. The van der Waals surface area contributed by atoms with E-state index in [0.717, 1.165) is 18.4 Å². The molecule has 1 aromatic heterocycles. The van der Waals surface area contributed by atoms with Crippen molar-refractivity contribution in [2.75, 3.05) is 5.73 Å². The fraction of sp³-hybridized carbons (Fsp3) is 0.375. The van der Waals surface area contributed by atoms with E-state index in [0.29, 0.717) is 5.00 Å². The highest BCUT2D eigenvalue weighted by atomic mass is 32.1. The van der Waals surface area contributed by atoms with E-state index >= 15 is 0 Å². The maximum absolute atomic E-state index is 8.75. The average molecular weight is 164 g/mol. The van der Waals surface area contributed by atoms with E-state index < -0.39 is 0 Å². The van der Waals surface area contributed by atoms with Crippen LogP contribution in [0.4, 0.5) is 5.00 Å². The van der Waals surface area contributed by atoms with Crippen LogP contribution in [0.15, 0.2) is 0 Å². The number of aryl methyl sites for hydroxylation is 1. The van der Waals surface area contributed by atoms with Crippen LogP contribution in [0.25, 0.3) is 0 Å². The topological polar surface area (TPSA) is 49.8 Å². The Morgan fingerprint density at radius 3 is 3.00 bits per heavy atom. The molecule has 0 aliphatic heterocycles. The smallest absolute Gasteiger partial charge is 0.104 e. The van der Waals surface area contributed by atoms with E-state index in [1.807, 2.05) is 0 Å². The van der Waals surface area contributed by atoms with Gasteiger partial charge in [0.05, 0.1) is 5.56 Å². The van der Waals surface area contributed by atoms with E-state index in [2.05, 4.69) is 6.07 Å². The quantitative estimate of drug-likeness (QED) is 0.634. The Morgan fingerprint density at radius 2 is 2.27 bits per heavy atom. The molecule has 0 spiro atoms. The summed E-state index contributed by atoms with van der Waals surface area (Å²) in [6, 6.07) is 2.16. The van der Waals surface area contributed by atoms with Crippen LogP contribution in [0.1, 0.15) is 22.4 Å². The number of nitriles is 1. The molecular weight excluding hydrogens is 156 g/mol. The van der Waals surface area contributed by atoms with Crippen molar-refractivity contribution in [3.63, 3.8) is 0 Å². The van der Waals surface area contributed by atoms with Crippen LogP contribution in [0, 0.1) is 11.3 Å². The molecule has 1 aromatic rings. The van der Waals surface area contributed by atoms with Gasteiger partial charge in [0, 0.05) is 4.88 Å². The summed E-state index contributed by atoms with van der Waals surface area (Å²) in [5, 5.41) is 9.45. The van der Waals surface area contributed by atoms with E-state index in [-0.39, 0.29) is 0 Å². The lowest BCUT2D eigenvalue weighted by Crippen LogP contribution is -1.86. The molecule has 0 aromatic carbocycles. The molecule has 2 nitrogen and oxygen atoms in total. The standard InChI is InChI=1S/C8H8N2S/c9-4-6-5-2-1-3-7(5)11-8(6)10/h1-3,10H2. The van der Waals surface area contributed by atoms with Gasteiger partial charge in [0.15, 0.2) is 0 Å². The average Bonchev–Trinajstić information content (AvgIpc) is 2.46. The van der Waals surface area contributed by atoms with Crippen molar-refractivity contribution >= 4 is 16.3 Å². The second-order valence-corrected chi connectivity index (χ2v) is 3.85. The number of anilines is 1. The van der Waals surface area contributed by atoms with E-state index in [9.17, 15) is 0 Å². The lowest BCUT2D eigenvalue weighted by Gasteiger charge is -1.88. The minimum Gasteiger partial charge on any atom is -0.389 e. The van der Waals surface area contributed by atoms with Gasteiger partial charge >= 0.3 is 0 Å². The van der Waals surface area contributed by atoms with Gasteiger partial charge in [-0.15, -0.1) is 11.3 Å². The highest BCUT2D eigenvalue weighted by Crippen LogP contribution is 2.36. The summed E-state index contributed by atoms with van der Waals surface area (Å²) >= 11 is 1.58. The first-order chi connectivity index (χ1) is 5.33. The normalized spacial score (nSPS) is 14.5. The molecule has 2 N–H and O–H groups in total. The molecule has 1 heterocycles. The summed E-state index contributed by atoms with van der Waals surface area (Å²) in [7, 11) is 0. The highest BCUT2D eigenvalue weighted by molar-refractivity contribution is 7.16.